The Morgan fingerprint density at radius 1 is 1.18 bits per heavy atom. The minimum Gasteiger partial charge on any atom is -0.387 e. The lowest BCUT2D eigenvalue weighted by molar-refractivity contribution is 0.0783. The van der Waals surface area contributed by atoms with Crippen LogP contribution in [0.25, 0.3) is 0 Å². The summed E-state index contributed by atoms with van der Waals surface area (Å²) in [5, 5.41) is 14.4. The highest BCUT2D eigenvalue weighted by atomic mass is 35.5. The Labute approximate surface area is 199 Å². The largest absolute Gasteiger partial charge is 0.387 e. The van der Waals surface area contributed by atoms with Crippen molar-refractivity contribution in [3.8, 4) is 0 Å². The van der Waals surface area contributed by atoms with Gasteiger partial charge in [0.15, 0.2) is 0 Å². The number of aliphatic hydroxyl groups is 1. The van der Waals surface area contributed by atoms with Crippen LogP contribution in [0.3, 0.4) is 0 Å². The molecule has 0 saturated carbocycles. The van der Waals surface area contributed by atoms with Crippen molar-refractivity contribution in [2.24, 2.45) is 0 Å². The van der Waals surface area contributed by atoms with Crippen molar-refractivity contribution < 1.29 is 9.90 Å². The predicted octanol–water partition coefficient (Wildman–Crippen LogP) is 3.75. The standard InChI is InChI=1S/C25H30ClN5O2/c1-4-21(29-15-23(32)20-11-17(2)24(26)30-13-20)12-18-5-7-19(8-6-18)25(33)31(3)16-22-14-27-9-10-28-22/h5-11,13-14,21,23,29,32H,4,12,15-16H2,1-3H3/t21-,23-/m0/s1. The number of aryl methyl sites for hydroxylation is 1. The van der Waals surface area contributed by atoms with Crippen molar-refractivity contribution in [2.75, 3.05) is 13.6 Å². The third-order valence-corrected chi connectivity index (χ3v) is 5.95. The smallest absolute Gasteiger partial charge is 0.253 e. The number of carbonyl (C=O) groups is 1. The van der Waals surface area contributed by atoms with Crippen LogP contribution in [0.1, 0.15) is 52.2 Å². The molecule has 0 radical (unpaired) electrons. The summed E-state index contributed by atoms with van der Waals surface area (Å²) in [6.07, 6.45) is 7.54. The molecule has 0 bridgehead atoms. The van der Waals surface area contributed by atoms with Crippen LogP contribution >= 0.6 is 11.6 Å². The van der Waals surface area contributed by atoms with Crippen molar-refractivity contribution in [3.05, 3.63) is 88.2 Å². The van der Waals surface area contributed by atoms with Gasteiger partial charge < -0.3 is 15.3 Å². The van der Waals surface area contributed by atoms with E-state index >= 15 is 0 Å². The van der Waals surface area contributed by atoms with E-state index in [4.69, 9.17) is 11.6 Å². The maximum atomic E-state index is 12.7. The number of halogens is 1. The van der Waals surface area contributed by atoms with Gasteiger partial charge in [-0.15, -0.1) is 0 Å². The first-order valence-electron chi connectivity index (χ1n) is 11.0. The zero-order chi connectivity index (χ0) is 23.8. The quantitative estimate of drug-likeness (QED) is 0.441. The first-order valence-corrected chi connectivity index (χ1v) is 11.4. The molecule has 1 amide bonds. The van der Waals surface area contributed by atoms with Gasteiger partial charge in [-0.1, -0.05) is 30.7 Å². The van der Waals surface area contributed by atoms with Crippen molar-refractivity contribution in [3.63, 3.8) is 0 Å². The van der Waals surface area contributed by atoms with Gasteiger partial charge in [0.2, 0.25) is 0 Å². The summed E-state index contributed by atoms with van der Waals surface area (Å²) in [4.78, 5) is 26.7. The molecule has 0 aliphatic heterocycles. The summed E-state index contributed by atoms with van der Waals surface area (Å²) < 4.78 is 0. The average molecular weight is 468 g/mol. The zero-order valence-corrected chi connectivity index (χ0v) is 20.0. The SMILES string of the molecule is CC[C@@H](Cc1ccc(C(=O)N(C)Cc2cnccn2)cc1)NC[C@H](O)c1cnc(Cl)c(C)c1. The molecular weight excluding hydrogens is 438 g/mol. The molecule has 7 nitrogen and oxygen atoms in total. The normalized spacial score (nSPS) is 12.9. The first kappa shape index (κ1) is 24.8. The van der Waals surface area contributed by atoms with Crippen molar-refractivity contribution in [2.45, 2.75) is 45.4 Å². The second-order valence-corrected chi connectivity index (χ2v) is 8.52. The monoisotopic (exact) mass is 467 g/mol. The van der Waals surface area contributed by atoms with Gasteiger partial charge in [-0.3, -0.25) is 14.8 Å². The van der Waals surface area contributed by atoms with Crippen LogP contribution in [0, 0.1) is 6.92 Å². The Bertz CT molecular complexity index is 1050. The van der Waals surface area contributed by atoms with Crippen LogP contribution in [-0.4, -0.2) is 50.5 Å². The summed E-state index contributed by atoms with van der Waals surface area (Å²) >= 11 is 5.97. The number of benzene rings is 1. The number of aliphatic hydroxyl groups excluding tert-OH is 1. The molecule has 2 N–H and O–H groups in total. The van der Waals surface area contributed by atoms with Crippen LogP contribution in [0.4, 0.5) is 0 Å². The van der Waals surface area contributed by atoms with E-state index in [9.17, 15) is 9.90 Å². The zero-order valence-electron chi connectivity index (χ0n) is 19.2. The topological polar surface area (TPSA) is 91.2 Å². The number of nitrogens with zero attached hydrogens (tertiary/aromatic N) is 4. The highest BCUT2D eigenvalue weighted by Gasteiger charge is 2.15. The van der Waals surface area contributed by atoms with E-state index in [0.717, 1.165) is 35.2 Å². The molecule has 0 fully saturated rings. The van der Waals surface area contributed by atoms with E-state index in [1.165, 1.54) is 0 Å². The lowest BCUT2D eigenvalue weighted by Crippen LogP contribution is -2.34. The number of hydrogen-bond acceptors (Lipinski definition) is 6. The maximum Gasteiger partial charge on any atom is 0.253 e. The molecule has 0 unspecified atom stereocenters. The minimum atomic E-state index is -0.660. The molecule has 8 heteroatoms. The minimum absolute atomic E-state index is 0.0626. The third kappa shape index (κ3) is 7.05. The Kier molecular flexibility index (Phi) is 8.88. The third-order valence-electron chi connectivity index (χ3n) is 5.56. The first-order chi connectivity index (χ1) is 15.9. The van der Waals surface area contributed by atoms with Crippen LogP contribution < -0.4 is 5.32 Å². The molecule has 33 heavy (non-hydrogen) atoms. The van der Waals surface area contributed by atoms with Gasteiger partial charge in [0.1, 0.15) is 5.15 Å². The number of nitrogens with one attached hydrogen (secondary N) is 1. The Balaban J connectivity index is 1.53. The number of hydrogen-bond donors (Lipinski definition) is 2. The van der Waals surface area contributed by atoms with Gasteiger partial charge in [-0.2, -0.15) is 0 Å². The number of pyridine rings is 1. The number of carbonyl (C=O) groups excluding carboxylic acids is 1. The van der Waals surface area contributed by atoms with E-state index in [0.29, 0.717) is 23.8 Å². The Morgan fingerprint density at radius 3 is 2.58 bits per heavy atom. The van der Waals surface area contributed by atoms with Gasteiger partial charge in [-0.25, -0.2) is 4.98 Å². The van der Waals surface area contributed by atoms with Crippen molar-refractivity contribution in [1.29, 1.82) is 0 Å². The van der Waals surface area contributed by atoms with Crippen LogP contribution in [0.15, 0.2) is 55.1 Å². The highest BCUT2D eigenvalue weighted by molar-refractivity contribution is 6.30. The van der Waals surface area contributed by atoms with Crippen LogP contribution in [-0.2, 0) is 13.0 Å². The number of aromatic nitrogens is 3. The van der Waals surface area contributed by atoms with Gasteiger partial charge in [0, 0.05) is 49.4 Å². The molecule has 0 aliphatic rings. The van der Waals surface area contributed by atoms with Gasteiger partial charge in [0.05, 0.1) is 24.5 Å². The van der Waals surface area contributed by atoms with Gasteiger partial charge in [0.25, 0.3) is 5.91 Å². The molecule has 2 atom stereocenters. The second-order valence-electron chi connectivity index (χ2n) is 8.16. The molecule has 174 valence electrons. The fraction of sp³-hybridized carbons (Fsp3) is 0.360. The Hall–Kier alpha value is -2.87. The molecular formula is C25H30ClN5O2. The van der Waals surface area contributed by atoms with E-state index in [1.807, 2.05) is 37.3 Å². The summed E-state index contributed by atoms with van der Waals surface area (Å²) in [7, 11) is 1.75. The van der Waals surface area contributed by atoms with Crippen LogP contribution in [0.2, 0.25) is 5.15 Å². The lowest BCUT2D eigenvalue weighted by Gasteiger charge is -2.20. The van der Waals surface area contributed by atoms with Crippen molar-refractivity contribution >= 4 is 17.5 Å². The molecule has 0 spiro atoms. The maximum absolute atomic E-state index is 12.7. The molecule has 0 saturated heterocycles. The summed E-state index contributed by atoms with van der Waals surface area (Å²) in [6, 6.07) is 9.73. The van der Waals surface area contributed by atoms with E-state index in [1.54, 1.807) is 36.7 Å². The Morgan fingerprint density at radius 2 is 1.94 bits per heavy atom. The summed E-state index contributed by atoms with van der Waals surface area (Å²) in [5.41, 5.74) is 4.09. The van der Waals surface area contributed by atoms with Crippen molar-refractivity contribution in [1.82, 2.24) is 25.2 Å². The molecule has 1 aromatic carbocycles. The van der Waals surface area contributed by atoms with Gasteiger partial charge >= 0.3 is 0 Å². The average Bonchev–Trinajstić information content (AvgIpc) is 2.83. The fourth-order valence-electron chi connectivity index (χ4n) is 3.53. The van der Waals surface area contributed by atoms with Gasteiger partial charge in [-0.05, 0) is 49.1 Å². The molecule has 0 aliphatic carbocycles. The molecule has 3 aromatic rings. The highest BCUT2D eigenvalue weighted by Crippen LogP contribution is 2.18. The number of amides is 1. The summed E-state index contributed by atoms with van der Waals surface area (Å²) in [6.45, 7) is 4.80. The molecule has 2 heterocycles. The predicted molar refractivity (Wildman–Crippen MR) is 129 cm³/mol. The molecule has 2 aromatic heterocycles. The van der Waals surface area contributed by atoms with E-state index < -0.39 is 6.10 Å². The summed E-state index contributed by atoms with van der Waals surface area (Å²) in [5.74, 6) is -0.0626. The fourth-order valence-corrected chi connectivity index (χ4v) is 3.64. The van der Waals surface area contributed by atoms with Crippen LogP contribution in [0.5, 0.6) is 0 Å². The molecule has 3 rings (SSSR count). The second kappa shape index (κ2) is 11.8. The lowest BCUT2D eigenvalue weighted by atomic mass is 10.0. The van der Waals surface area contributed by atoms with E-state index in [-0.39, 0.29) is 11.9 Å². The van der Waals surface area contributed by atoms with E-state index in [2.05, 4.69) is 27.2 Å². The number of rotatable bonds is 10.